The fourth-order valence-corrected chi connectivity index (χ4v) is 2.54. The maximum absolute atomic E-state index is 12.2. The zero-order valence-corrected chi connectivity index (χ0v) is 10.9. The average molecular weight is 227 g/mol. The quantitative estimate of drug-likeness (QED) is 0.722. The molecular weight excluding hydrogens is 202 g/mol. The largest absolute Gasteiger partial charge is 0.369 e. The molecule has 1 amide bonds. The van der Waals surface area contributed by atoms with Crippen molar-refractivity contribution in [1.82, 2.24) is 4.90 Å². The molecule has 3 nitrogen and oxygen atoms in total. The second-order valence-electron chi connectivity index (χ2n) is 4.51. The number of hydrogen-bond donors (Lipinski definition) is 0. The summed E-state index contributed by atoms with van der Waals surface area (Å²) in [6.07, 6.45) is 5.89. The van der Waals surface area contributed by atoms with Crippen molar-refractivity contribution in [3.8, 4) is 0 Å². The van der Waals surface area contributed by atoms with Crippen LogP contribution in [-0.2, 0) is 9.53 Å². The number of ether oxygens (including phenoxy) is 1. The molecule has 0 N–H and O–H groups in total. The molecule has 0 spiro atoms. The van der Waals surface area contributed by atoms with Gasteiger partial charge in [0.2, 0.25) is 0 Å². The number of carbonyl (C=O) groups is 1. The third-order valence-electron chi connectivity index (χ3n) is 3.40. The molecule has 1 aliphatic carbocycles. The molecule has 16 heavy (non-hydrogen) atoms. The van der Waals surface area contributed by atoms with Gasteiger partial charge in [0.25, 0.3) is 5.91 Å². The Balaban J connectivity index is 2.54. The van der Waals surface area contributed by atoms with Crippen molar-refractivity contribution in [2.75, 3.05) is 13.2 Å². The van der Waals surface area contributed by atoms with Crippen LogP contribution < -0.4 is 0 Å². The highest BCUT2D eigenvalue weighted by atomic mass is 16.5. The second-order valence-corrected chi connectivity index (χ2v) is 4.51. The predicted octanol–water partition coefficient (Wildman–Crippen LogP) is 2.59. The van der Waals surface area contributed by atoms with Gasteiger partial charge in [-0.05, 0) is 33.6 Å². The lowest BCUT2D eigenvalue weighted by Crippen LogP contribution is -2.46. The van der Waals surface area contributed by atoms with Crippen LogP contribution in [0.15, 0.2) is 0 Å². The zero-order chi connectivity index (χ0) is 12.0. The van der Waals surface area contributed by atoms with Gasteiger partial charge in [-0.2, -0.15) is 0 Å². The van der Waals surface area contributed by atoms with Gasteiger partial charge in [0, 0.05) is 19.2 Å². The lowest BCUT2D eigenvalue weighted by Gasteiger charge is -2.35. The van der Waals surface area contributed by atoms with Crippen molar-refractivity contribution in [3.05, 3.63) is 0 Å². The average Bonchev–Trinajstić information content (AvgIpc) is 2.31. The maximum Gasteiger partial charge on any atom is 0.251 e. The van der Waals surface area contributed by atoms with Crippen molar-refractivity contribution < 1.29 is 9.53 Å². The summed E-state index contributed by atoms with van der Waals surface area (Å²) in [4.78, 5) is 14.2. The number of rotatable bonds is 5. The Bertz CT molecular complexity index is 212. The molecule has 0 bridgehead atoms. The van der Waals surface area contributed by atoms with Gasteiger partial charge in [0.1, 0.15) is 6.10 Å². The van der Waals surface area contributed by atoms with Gasteiger partial charge in [0.15, 0.2) is 0 Å². The van der Waals surface area contributed by atoms with Crippen LogP contribution in [0.2, 0.25) is 0 Å². The van der Waals surface area contributed by atoms with E-state index < -0.39 is 0 Å². The number of carbonyl (C=O) groups excluding carboxylic acids is 1. The Morgan fingerprint density at radius 3 is 2.44 bits per heavy atom. The molecule has 0 radical (unpaired) electrons. The van der Waals surface area contributed by atoms with Crippen molar-refractivity contribution >= 4 is 5.91 Å². The topological polar surface area (TPSA) is 29.5 Å². The van der Waals surface area contributed by atoms with Gasteiger partial charge in [-0.1, -0.05) is 19.3 Å². The first-order valence-electron chi connectivity index (χ1n) is 6.62. The molecule has 1 rings (SSSR count). The second kappa shape index (κ2) is 6.89. The first-order valence-corrected chi connectivity index (χ1v) is 6.62. The molecular formula is C13H25NO2. The van der Waals surface area contributed by atoms with Crippen LogP contribution in [0.4, 0.5) is 0 Å². The summed E-state index contributed by atoms with van der Waals surface area (Å²) in [6.45, 7) is 7.26. The lowest BCUT2D eigenvalue weighted by molar-refractivity contribution is -0.145. The van der Waals surface area contributed by atoms with Gasteiger partial charge in [-0.3, -0.25) is 4.79 Å². The molecule has 0 aromatic carbocycles. The van der Waals surface area contributed by atoms with Crippen LogP contribution in [0.3, 0.4) is 0 Å². The van der Waals surface area contributed by atoms with E-state index in [4.69, 9.17) is 4.74 Å². The fourth-order valence-electron chi connectivity index (χ4n) is 2.54. The molecule has 1 aliphatic rings. The lowest BCUT2D eigenvalue weighted by atomic mass is 9.94. The number of nitrogens with zero attached hydrogens (tertiary/aromatic N) is 1. The molecule has 0 aromatic rings. The van der Waals surface area contributed by atoms with E-state index >= 15 is 0 Å². The molecule has 94 valence electrons. The van der Waals surface area contributed by atoms with E-state index in [1.54, 1.807) is 0 Å². The van der Waals surface area contributed by atoms with Gasteiger partial charge in [-0.25, -0.2) is 0 Å². The summed E-state index contributed by atoms with van der Waals surface area (Å²) in [7, 11) is 0. The highest BCUT2D eigenvalue weighted by Crippen LogP contribution is 2.23. The highest BCUT2D eigenvalue weighted by Gasteiger charge is 2.27. The van der Waals surface area contributed by atoms with Crippen LogP contribution >= 0.6 is 0 Å². The van der Waals surface area contributed by atoms with E-state index in [0.717, 1.165) is 6.54 Å². The number of amides is 1. The van der Waals surface area contributed by atoms with Crippen molar-refractivity contribution in [1.29, 1.82) is 0 Å². The van der Waals surface area contributed by atoms with Crippen LogP contribution in [0.25, 0.3) is 0 Å². The minimum atomic E-state index is -0.285. The molecule has 1 unspecified atom stereocenters. The first-order chi connectivity index (χ1) is 7.70. The Labute approximate surface area is 99.1 Å². The number of hydrogen-bond acceptors (Lipinski definition) is 2. The SMILES string of the molecule is CCOC(C)C(=O)N(CC)C1CCCCC1. The molecule has 1 atom stereocenters. The smallest absolute Gasteiger partial charge is 0.251 e. The summed E-state index contributed by atoms with van der Waals surface area (Å²) in [5.74, 6) is 0.163. The third-order valence-corrected chi connectivity index (χ3v) is 3.40. The van der Waals surface area contributed by atoms with Crippen LogP contribution in [0.1, 0.15) is 52.9 Å². The monoisotopic (exact) mass is 227 g/mol. The standard InChI is InChI=1S/C13H25NO2/c1-4-14(12-9-7-6-8-10-12)13(15)11(3)16-5-2/h11-12H,4-10H2,1-3H3. The summed E-state index contributed by atoms with van der Waals surface area (Å²) >= 11 is 0. The molecule has 1 fully saturated rings. The van der Waals surface area contributed by atoms with Gasteiger partial charge >= 0.3 is 0 Å². The summed E-state index contributed by atoms with van der Waals surface area (Å²) in [5, 5.41) is 0. The molecule has 0 aliphatic heterocycles. The molecule has 0 aromatic heterocycles. The van der Waals surface area contributed by atoms with E-state index in [-0.39, 0.29) is 12.0 Å². The Kier molecular flexibility index (Phi) is 5.81. The molecule has 3 heteroatoms. The Hall–Kier alpha value is -0.570. The minimum absolute atomic E-state index is 0.163. The summed E-state index contributed by atoms with van der Waals surface area (Å²) in [6, 6.07) is 0.453. The van der Waals surface area contributed by atoms with E-state index in [0.29, 0.717) is 12.6 Å². The summed E-state index contributed by atoms with van der Waals surface area (Å²) < 4.78 is 5.39. The normalized spacial score (nSPS) is 19.4. The van der Waals surface area contributed by atoms with E-state index in [1.807, 2.05) is 18.7 Å². The third kappa shape index (κ3) is 3.48. The Morgan fingerprint density at radius 2 is 1.94 bits per heavy atom. The van der Waals surface area contributed by atoms with Crippen LogP contribution in [0, 0.1) is 0 Å². The van der Waals surface area contributed by atoms with Gasteiger partial charge in [0.05, 0.1) is 0 Å². The van der Waals surface area contributed by atoms with Crippen molar-refractivity contribution in [2.24, 2.45) is 0 Å². The van der Waals surface area contributed by atoms with Gasteiger partial charge < -0.3 is 9.64 Å². The highest BCUT2D eigenvalue weighted by molar-refractivity contribution is 5.80. The fraction of sp³-hybridized carbons (Fsp3) is 0.923. The number of likely N-dealkylation sites (N-methyl/N-ethyl adjacent to an activating group) is 1. The summed E-state index contributed by atoms with van der Waals surface area (Å²) in [5.41, 5.74) is 0. The molecule has 0 heterocycles. The molecule has 1 saturated carbocycles. The van der Waals surface area contributed by atoms with Crippen molar-refractivity contribution in [2.45, 2.75) is 65.0 Å². The first kappa shape index (κ1) is 13.5. The van der Waals surface area contributed by atoms with E-state index in [1.165, 1.54) is 32.1 Å². The molecule has 0 saturated heterocycles. The zero-order valence-electron chi connectivity index (χ0n) is 10.9. The Morgan fingerprint density at radius 1 is 1.31 bits per heavy atom. The van der Waals surface area contributed by atoms with E-state index in [9.17, 15) is 4.79 Å². The minimum Gasteiger partial charge on any atom is -0.369 e. The van der Waals surface area contributed by atoms with Gasteiger partial charge in [-0.15, -0.1) is 0 Å². The van der Waals surface area contributed by atoms with E-state index in [2.05, 4.69) is 6.92 Å². The predicted molar refractivity (Wildman–Crippen MR) is 65.3 cm³/mol. The van der Waals surface area contributed by atoms with Crippen LogP contribution in [0.5, 0.6) is 0 Å². The maximum atomic E-state index is 12.2. The van der Waals surface area contributed by atoms with Crippen molar-refractivity contribution in [3.63, 3.8) is 0 Å². The van der Waals surface area contributed by atoms with Crippen LogP contribution in [-0.4, -0.2) is 36.1 Å².